The molecule has 1 aromatic rings. The molecule has 2 atom stereocenters. The Hall–Kier alpha value is -0.820. The number of rotatable bonds is 0. The van der Waals surface area contributed by atoms with Crippen molar-refractivity contribution < 1.29 is 0 Å². The molecule has 1 nitrogen and oxygen atoms in total. The van der Waals surface area contributed by atoms with E-state index in [1.165, 1.54) is 19.5 Å². The lowest BCUT2D eigenvalue weighted by molar-refractivity contribution is 0.564. The van der Waals surface area contributed by atoms with E-state index in [1.54, 1.807) is 11.1 Å². The largest absolute Gasteiger partial charge is 0.316 e. The third-order valence-corrected chi connectivity index (χ3v) is 3.28. The van der Waals surface area contributed by atoms with Gasteiger partial charge in [0.25, 0.3) is 0 Å². The van der Waals surface area contributed by atoms with Gasteiger partial charge in [-0.2, -0.15) is 0 Å². The molecule has 0 aromatic heterocycles. The van der Waals surface area contributed by atoms with E-state index in [2.05, 4.69) is 29.6 Å². The average molecular weight is 159 g/mol. The standard InChI is InChI=1S/C11H13N/c1-2-4-10-8(3-1)5-9-6-12-7-11(9)10/h1-4,9,11-12H,5-7H2/t9?,11-/m0/s1. The van der Waals surface area contributed by atoms with Gasteiger partial charge in [0.05, 0.1) is 0 Å². The van der Waals surface area contributed by atoms with Gasteiger partial charge in [0.2, 0.25) is 0 Å². The molecule has 62 valence electrons. The molecule has 1 saturated heterocycles. The Kier molecular flexibility index (Phi) is 1.30. The third-order valence-electron chi connectivity index (χ3n) is 3.28. The van der Waals surface area contributed by atoms with Crippen LogP contribution in [0.5, 0.6) is 0 Å². The van der Waals surface area contributed by atoms with E-state index in [9.17, 15) is 0 Å². The summed E-state index contributed by atoms with van der Waals surface area (Å²) in [6, 6.07) is 8.91. The summed E-state index contributed by atoms with van der Waals surface area (Å²) < 4.78 is 0. The van der Waals surface area contributed by atoms with Crippen LogP contribution in [-0.4, -0.2) is 13.1 Å². The van der Waals surface area contributed by atoms with Gasteiger partial charge in [-0.25, -0.2) is 0 Å². The monoisotopic (exact) mass is 159 g/mol. The first kappa shape index (κ1) is 6.67. The first-order chi connectivity index (χ1) is 5.95. The van der Waals surface area contributed by atoms with Crippen LogP contribution in [-0.2, 0) is 6.42 Å². The molecule has 1 N–H and O–H groups in total. The maximum absolute atomic E-state index is 3.47. The van der Waals surface area contributed by atoms with Gasteiger partial charge < -0.3 is 5.32 Å². The van der Waals surface area contributed by atoms with Crippen molar-refractivity contribution in [3.8, 4) is 0 Å². The Labute approximate surface area is 72.8 Å². The van der Waals surface area contributed by atoms with E-state index in [0.717, 1.165) is 11.8 Å². The normalized spacial score (nSPS) is 31.7. The third kappa shape index (κ3) is 0.774. The summed E-state index contributed by atoms with van der Waals surface area (Å²) in [6.07, 6.45) is 1.30. The topological polar surface area (TPSA) is 12.0 Å². The fraction of sp³-hybridized carbons (Fsp3) is 0.455. The van der Waals surface area contributed by atoms with Gasteiger partial charge in [0.15, 0.2) is 0 Å². The summed E-state index contributed by atoms with van der Waals surface area (Å²) in [4.78, 5) is 0. The fourth-order valence-electron chi connectivity index (χ4n) is 2.68. The summed E-state index contributed by atoms with van der Waals surface area (Å²) in [7, 11) is 0. The smallest absolute Gasteiger partial charge is 0.00236 e. The van der Waals surface area contributed by atoms with Crippen molar-refractivity contribution >= 4 is 0 Å². The van der Waals surface area contributed by atoms with Crippen molar-refractivity contribution in [2.75, 3.05) is 13.1 Å². The highest BCUT2D eigenvalue weighted by atomic mass is 14.9. The maximum Gasteiger partial charge on any atom is 0.00236 e. The van der Waals surface area contributed by atoms with Gasteiger partial charge in [0.1, 0.15) is 0 Å². The molecule has 0 radical (unpaired) electrons. The van der Waals surface area contributed by atoms with Crippen molar-refractivity contribution in [3.63, 3.8) is 0 Å². The average Bonchev–Trinajstić information content (AvgIpc) is 2.62. The van der Waals surface area contributed by atoms with E-state index >= 15 is 0 Å². The zero-order chi connectivity index (χ0) is 7.97. The minimum absolute atomic E-state index is 0.821. The van der Waals surface area contributed by atoms with E-state index < -0.39 is 0 Å². The highest BCUT2D eigenvalue weighted by Crippen LogP contribution is 2.39. The molecule has 1 aromatic carbocycles. The Morgan fingerprint density at radius 3 is 3.08 bits per heavy atom. The van der Waals surface area contributed by atoms with Crippen LogP contribution in [0.2, 0.25) is 0 Å². The van der Waals surface area contributed by atoms with Crippen LogP contribution in [0.15, 0.2) is 24.3 Å². The van der Waals surface area contributed by atoms with Gasteiger partial charge in [-0.15, -0.1) is 0 Å². The molecular weight excluding hydrogens is 146 g/mol. The summed E-state index contributed by atoms with van der Waals surface area (Å²) in [6.45, 7) is 2.42. The Bertz CT molecular complexity index is 306. The first-order valence-corrected chi connectivity index (χ1v) is 4.73. The molecule has 1 unspecified atom stereocenters. The lowest BCUT2D eigenvalue weighted by Gasteiger charge is -2.06. The van der Waals surface area contributed by atoms with Gasteiger partial charge in [-0.1, -0.05) is 24.3 Å². The molecule has 0 spiro atoms. The SMILES string of the molecule is c1ccc2c(c1)CC1CNC[C@H]21. The molecule has 0 bridgehead atoms. The number of fused-ring (bicyclic) bond motifs is 3. The zero-order valence-electron chi connectivity index (χ0n) is 7.09. The highest BCUT2D eigenvalue weighted by Gasteiger charge is 2.35. The minimum atomic E-state index is 0.821. The summed E-state index contributed by atoms with van der Waals surface area (Å²) in [5.41, 5.74) is 3.20. The molecule has 1 aliphatic heterocycles. The van der Waals surface area contributed by atoms with Gasteiger partial charge >= 0.3 is 0 Å². The lowest BCUT2D eigenvalue weighted by Crippen LogP contribution is -2.10. The van der Waals surface area contributed by atoms with E-state index in [-0.39, 0.29) is 0 Å². The highest BCUT2D eigenvalue weighted by molar-refractivity contribution is 5.37. The Morgan fingerprint density at radius 2 is 2.08 bits per heavy atom. The predicted molar refractivity (Wildman–Crippen MR) is 49.2 cm³/mol. The van der Waals surface area contributed by atoms with Gasteiger partial charge in [-0.3, -0.25) is 0 Å². The molecule has 0 amide bonds. The van der Waals surface area contributed by atoms with E-state index in [1.807, 2.05) is 0 Å². The maximum atomic E-state index is 3.47. The first-order valence-electron chi connectivity index (χ1n) is 4.73. The molecule has 1 heterocycles. The number of nitrogens with one attached hydrogen (secondary N) is 1. The van der Waals surface area contributed by atoms with Crippen LogP contribution in [0.3, 0.4) is 0 Å². The Balaban J connectivity index is 2.09. The molecule has 12 heavy (non-hydrogen) atoms. The van der Waals surface area contributed by atoms with Crippen molar-refractivity contribution in [2.45, 2.75) is 12.3 Å². The number of benzene rings is 1. The molecule has 1 aliphatic carbocycles. The fourth-order valence-corrected chi connectivity index (χ4v) is 2.68. The summed E-state index contributed by atoms with van der Waals surface area (Å²) in [5.74, 6) is 1.71. The molecule has 1 fully saturated rings. The van der Waals surface area contributed by atoms with Crippen LogP contribution >= 0.6 is 0 Å². The molecule has 2 aliphatic rings. The second kappa shape index (κ2) is 2.33. The number of hydrogen-bond acceptors (Lipinski definition) is 1. The van der Waals surface area contributed by atoms with Crippen molar-refractivity contribution in [3.05, 3.63) is 35.4 Å². The zero-order valence-corrected chi connectivity index (χ0v) is 7.09. The second-order valence-electron chi connectivity index (χ2n) is 3.93. The van der Waals surface area contributed by atoms with Crippen LogP contribution in [0, 0.1) is 5.92 Å². The molecule has 0 saturated carbocycles. The molecule has 1 heteroatoms. The molecular formula is C11H13N. The van der Waals surface area contributed by atoms with Gasteiger partial charge in [-0.05, 0) is 30.0 Å². The summed E-state index contributed by atoms with van der Waals surface area (Å²) >= 11 is 0. The van der Waals surface area contributed by atoms with Crippen LogP contribution in [0.25, 0.3) is 0 Å². The van der Waals surface area contributed by atoms with Crippen LogP contribution < -0.4 is 5.32 Å². The minimum Gasteiger partial charge on any atom is -0.316 e. The van der Waals surface area contributed by atoms with Crippen LogP contribution in [0.4, 0.5) is 0 Å². The van der Waals surface area contributed by atoms with E-state index in [4.69, 9.17) is 0 Å². The van der Waals surface area contributed by atoms with E-state index in [0.29, 0.717) is 0 Å². The van der Waals surface area contributed by atoms with Crippen molar-refractivity contribution in [2.24, 2.45) is 5.92 Å². The quantitative estimate of drug-likeness (QED) is 0.605. The van der Waals surface area contributed by atoms with Gasteiger partial charge in [0, 0.05) is 12.5 Å². The number of hydrogen-bond donors (Lipinski definition) is 1. The van der Waals surface area contributed by atoms with Crippen LogP contribution in [0.1, 0.15) is 17.0 Å². The van der Waals surface area contributed by atoms with Crippen molar-refractivity contribution in [1.29, 1.82) is 0 Å². The Morgan fingerprint density at radius 1 is 1.17 bits per heavy atom. The second-order valence-corrected chi connectivity index (χ2v) is 3.93. The summed E-state index contributed by atoms with van der Waals surface area (Å²) in [5, 5.41) is 3.47. The molecule has 3 rings (SSSR count). The lowest BCUT2D eigenvalue weighted by atomic mass is 9.97. The van der Waals surface area contributed by atoms with Crippen molar-refractivity contribution in [1.82, 2.24) is 5.32 Å². The predicted octanol–water partition coefficient (Wildman–Crippen LogP) is 1.55.